The van der Waals surface area contributed by atoms with Crippen molar-refractivity contribution in [1.82, 2.24) is 14.5 Å². The van der Waals surface area contributed by atoms with Gasteiger partial charge in [0, 0.05) is 54.0 Å². The highest BCUT2D eigenvalue weighted by molar-refractivity contribution is 7.99. The van der Waals surface area contributed by atoms with E-state index in [9.17, 15) is 14.3 Å². The minimum absolute atomic E-state index is 0.0593. The van der Waals surface area contributed by atoms with Crippen LogP contribution in [0.3, 0.4) is 0 Å². The number of aliphatic hydroxyl groups excluding tert-OH is 1. The number of nitrogens with zero attached hydrogens (tertiary/aromatic N) is 6. The van der Waals surface area contributed by atoms with Gasteiger partial charge in [0.15, 0.2) is 5.13 Å². The molecule has 1 unspecified atom stereocenters. The number of anilines is 2. The number of aromatic nitrogens is 3. The monoisotopic (exact) mass is 629 g/mol. The number of aliphatic imine (C=N–C) groups is 2. The molecule has 4 aromatic rings. The average molecular weight is 630 g/mol. The molecule has 1 saturated heterocycles. The Labute approximate surface area is 254 Å². The quantitative estimate of drug-likeness (QED) is 0.209. The van der Waals surface area contributed by atoms with Gasteiger partial charge in [0.25, 0.3) is 0 Å². The lowest BCUT2D eigenvalue weighted by molar-refractivity contribution is 0.208. The van der Waals surface area contributed by atoms with Gasteiger partial charge in [-0.1, -0.05) is 22.9 Å². The van der Waals surface area contributed by atoms with Crippen LogP contribution in [0.15, 0.2) is 37.9 Å². The molecule has 2 aromatic carbocycles. The Kier molecular flexibility index (Phi) is 8.49. The molecule has 1 fully saturated rings. The van der Waals surface area contributed by atoms with Crippen molar-refractivity contribution in [2.75, 3.05) is 56.3 Å². The maximum absolute atomic E-state index is 14.7. The van der Waals surface area contributed by atoms with Gasteiger partial charge in [-0.3, -0.25) is 4.57 Å². The molecule has 0 aliphatic carbocycles. The van der Waals surface area contributed by atoms with Crippen LogP contribution >= 0.6 is 34.7 Å². The lowest BCUT2D eigenvalue weighted by Gasteiger charge is -2.34. The average Bonchev–Trinajstić information content (AvgIpc) is 3.39. The third-order valence-electron chi connectivity index (χ3n) is 7.61. The van der Waals surface area contributed by atoms with E-state index in [0.717, 1.165) is 34.5 Å². The number of aliphatic hydroxyl groups is 1. The van der Waals surface area contributed by atoms with Gasteiger partial charge in [-0.15, -0.1) is 11.8 Å². The van der Waals surface area contributed by atoms with Crippen molar-refractivity contribution in [1.29, 1.82) is 0 Å². The largest absolute Gasteiger partial charge is 0.396 e. The number of piperidine rings is 1. The van der Waals surface area contributed by atoms with Crippen LogP contribution in [-0.2, 0) is 4.74 Å². The number of fused-ring (bicyclic) bond motifs is 1. The molecule has 0 bridgehead atoms. The van der Waals surface area contributed by atoms with Crippen molar-refractivity contribution in [2.24, 2.45) is 9.98 Å². The minimum atomic E-state index is -0.401. The predicted molar refractivity (Wildman–Crippen MR) is 167 cm³/mol. The van der Waals surface area contributed by atoms with E-state index in [1.54, 1.807) is 29.5 Å². The fourth-order valence-electron chi connectivity index (χ4n) is 5.62. The van der Waals surface area contributed by atoms with E-state index in [1.807, 2.05) is 6.07 Å². The first-order chi connectivity index (χ1) is 20.4. The number of hydrogen-bond acceptors (Lipinski definition) is 11. The Hall–Kier alpha value is -3.06. The summed E-state index contributed by atoms with van der Waals surface area (Å²) in [6, 6.07) is 7.53. The summed E-state index contributed by atoms with van der Waals surface area (Å²) in [5.74, 6) is 0.724. The fraction of sp³-hybridized carbons (Fsp3) is 0.429. The summed E-state index contributed by atoms with van der Waals surface area (Å²) in [7, 11) is 1.63. The second kappa shape index (κ2) is 12.3. The summed E-state index contributed by atoms with van der Waals surface area (Å²) in [4.78, 5) is 34.1. The molecule has 1 atom stereocenters. The number of ether oxygens (including phenoxy) is 1. The highest BCUT2D eigenvalue weighted by atomic mass is 35.5. The van der Waals surface area contributed by atoms with Gasteiger partial charge in [0.1, 0.15) is 11.6 Å². The van der Waals surface area contributed by atoms with Crippen LogP contribution in [0, 0.1) is 5.82 Å². The third kappa shape index (κ3) is 5.29. The van der Waals surface area contributed by atoms with Crippen molar-refractivity contribution >= 4 is 72.8 Å². The highest BCUT2D eigenvalue weighted by Crippen LogP contribution is 2.49. The van der Waals surface area contributed by atoms with Gasteiger partial charge < -0.3 is 20.5 Å². The number of nitrogen functional groups attached to an aromatic ring is 1. The lowest BCUT2D eigenvalue weighted by atomic mass is 10.00. The van der Waals surface area contributed by atoms with Crippen LogP contribution < -0.4 is 16.3 Å². The molecule has 0 saturated carbocycles. The second-order valence-corrected chi connectivity index (χ2v) is 12.6. The SMILES string of the molecule is COCCN=C=NC1CCN(c2nc(=O)n3c4c(c(-c5ccc(F)c6sc(N)nc56)c(Cl)cc24)SCC3CCO)CC1. The first-order valence-corrected chi connectivity index (χ1v) is 15.8. The standard InChI is InChI=1S/C28H29ClFN7O3S2/c1-40-11-7-32-14-33-15-4-8-36(9-5-15)26-18-12-19(29)21(17-2-3-20(30)24-22(17)34-27(31)42-24)25-23(18)37(28(39)35-26)16(6-10-38)13-41-25/h2-3,12,15-16,38H,4-11,13H2,1H3,(H2,31,34). The summed E-state index contributed by atoms with van der Waals surface area (Å²) < 4.78 is 21.7. The first kappa shape index (κ1) is 29.0. The number of methoxy groups -OCH3 is 1. The molecule has 4 heterocycles. The molecule has 10 nitrogen and oxygen atoms in total. The Balaban J connectivity index is 1.47. The van der Waals surface area contributed by atoms with Gasteiger partial charge >= 0.3 is 5.69 Å². The second-order valence-electron chi connectivity index (χ2n) is 10.2. The van der Waals surface area contributed by atoms with Crippen molar-refractivity contribution in [2.45, 2.75) is 36.2 Å². The van der Waals surface area contributed by atoms with Crippen LogP contribution in [0.25, 0.3) is 32.2 Å². The normalized spacial score (nSPS) is 17.1. The lowest BCUT2D eigenvalue weighted by Crippen LogP contribution is -2.39. The predicted octanol–water partition coefficient (Wildman–Crippen LogP) is 4.87. The van der Waals surface area contributed by atoms with Crippen molar-refractivity contribution in [3.05, 3.63) is 39.5 Å². The minimum Gasteiger partial charge on any atom is -0.396 e. The van der Waals surface area contributed by atoms with Gasteiger partial charge in [-0.05, 0) is 37.5 Å². The zero-order chi connectivity index (χ0) is 29.4. The number of hydrogen-bond donors (Lipinski definition) is 2. The molecule has 3 N–H and O–H groups in total. The van der Waals surface area contributed by atoms with E-state index in [1.165, 1.54) is 6.07 Å². The summed E-state index contributed by atoms with van der Waals surface area (Å²) in [6.45, 7) is 2.29. The van der Waals surface area contributed by atoms with E-state index in [4.69, 9.17) is 22.1 Å². The number of rotatable bonds is 8. The maximum Gasteiger partial charge on any atom is 0.350 e. The highest BCUT2D eigenvalue weighted by Gasteiger charge is 2.32. The maximum atomic E-state index is 14.7. The molecule has 2 aliphatic heterocycles. The Morgan fingerprint density at radius 2 is 2.12 bits per heavy atom. The topological polar surface area (TPSA) is 131 Å². The summed E-state index contributed by atoms with van der Waals surface area (Å²) in [6.07, 6.45) is 1.94. The summed E-state index contributed by atoms with van der Waals surface area (Å²) in [5.41, 5.74) is 8.07. The zero-order valence-electron chi connectivity index (χ0n) is 22.8. The molecule has 0 amide bonds. The van der Waals surface area contributed by atoms with E-state index >= 15 is 0 Å². The Morgan fingerprint density at radius 1 is 1.31 bits per heavy atom. The van der Waals surface area contributed by atoms with Crippen molar-refractivity contribution < 1.29 is 14.2 Å². The van der Waals surface area contributed by atoms with E-state index in [0.29, 0.717) is 76.1 Å². The fourth-order valence-corrected chi connectivity index (χ4v) is 8.13. The molecule has 14 heteroatoms. The smallest absolute Gasteiger partial charge is 0.350 e. The number of nitrogens with two attached hydrogens (primary N) is 1. The Morgan fingerprint density at radius 3 is 2.88 bits per heavy atom. The number of benzene rings is 2. The zero-order valence-corrected chi connectivity index (χ0v) is 25.2. The number of halogens is 2. The molecule has 0 radical (unpaired) electrons. The van der Waals surface area contributed by atoms with Crippen molar-refractivity contribution in [3.63, 3.8) is 0 Å². The van der Waals surface area contributed by atoms with Crippen LogP contribution in [0.5, 0.6) is 0 Å². The molecular formula is C28H29ClFN7O3S2. The molecular weight excluding hydrogens is 601 g/mol. The van der Waals surface area contributed by atoms with Crippen molar-refractivity contribution in [3.8, 4) is 11.1 Å². The van der Waals surface area contributed by atoms with E-state index in [-0.39, 0.29) is 29.5 Å². The first-order valence-electron chi connectivity index (χ1n) is 13.6. The van der Waals surface area contributed by atoms with Gasteiger partial charge in [0.05, 0.1) is 52.0 Å². The van der Waals surface area contributed by atoms with Crippen LogP contribution in [0.4, 0.5) is 15.3 Å². The number of thioether (sulfide) groups is 1. The Bertz CT molecular complexity index is 1780. The summed E-state index contributed by atoms with van der Waals surface area (Å²) >= 11 is 9.69. The molecule has 42 heavy (non-hydrogen) atoms. The van der Waals surface area contributed by atoms with Crippen LogP contribution in [-0.4, -0.2) is 77.4 Å². The van der Waals surface area contributed by atoms with E-state index < -0.39 is 5.82 Å². The third-order valence-corrected chi connectivity index (χ3v) is 10.0. The van der Waals surface area contributed by atoms with Crippen LogP contribution in [0.1, 0.15) is 25.3 Å². The molecule has 0 spiro atoms. The molecule has 2 aromatic heterocycles. The van der Waals surface area contributed by atoms with E-state index in [2.05, 4.69) is 30.9 Å². The van der Waals surface area contributed by atoms with Gasteiger partial charge in [-0.25, -0.2) is 24.2 Å². The summed E-state index contributed by atoms with van der Waals surface area (Å²) in [5, 5.41) is 11.2. The van der Waals surface area contributed by atoms with Gasteiger partial charge in [-0.2, -0.15) is 4.98 Å². The van der Waals surface area contributed by atoms with Gasteiger partial charge in [0.2, 0.25) is 0 Å². The molecule has 6 rings (SSSR count). The van der Waals surface area contributed by atoms with Crippen LogP contribution in [0.2, 0.25) is 5.02 Å². The molecule has 2 aliphatic rings. The molecule has 220 valence electrons. The number of thiazole rings is 1.